The van der Waals surface area contributed by atoms with E-state index < -0.39 is 0 Å². The third-order valence-electron chi connectivity index (χ3n) is 2.39. The Hall–Kier alpha value is -1.11. The molecule has 0 aliphatic carbocycles. The molecule has 0 atom stereocenters. The van der Waals surface area contributed by atoms with Crippen molar-refractivity contribution in [3.8, 4) is 0 Å². The molecule has 1 saturated heterocycles. The number of rotatable bonds is 2. The Kier molecular flexibility index (Phi) is 2.90. The van der Waals surface area contributed by atoms with E-state index in [2.05, 4.69) is 26.0 Å². The zero-order valence-electron chi connectivity index (χ0n) is 8.19. The first-order chi connectivity index (χ1) is 7.16. The molecule has 2 rings (SSSR count). The fourth-order valence-electron chi connectivity index (χ4n) is 1.63. The first-order valence-corrected chi connectivity index (χ1v) is 5.60. The molecule has 1 amide bonds. The molecule has 0 unspecified atom stereocenters. The van der Waals surface area contributed by atoms with Crippen LogP contribution in [0.3, 0.4) is 0 Å². The Morgan fingerprint density at radius 1 is 1.47 bits per heavy atom. The number of anilines is 1. The summed E-state index contributed by atoms with van der Waals surface area (Å²) in [6, 6.07) is 0. The highest BCUT2D eigenvalue weighted by Gasteiger charge is 2.19. The van der Waals surface area contributed by atoms with Gasteiger partial charge in [-0.15, -0.1) is 5.10 Å². The van der Waals surface area contributed by atoms with Crippen LogP contribution in [0, 0.1) is 0 Å². The highest BCUT2D eigenvalue weighted by molar-refractivity contribution is 9.10. The Morgan fingerprint density at radius 2 is 2.13 bits per heavy atom. The normalized spacial score (nSPS) is 15.9. The highest BCUT2D eigenvalue weighted by Crippen LogP contribution is 2.11. The lowest BCUT2D eigenvalue weighted by atomic mass is 10.4. The molecule has 1 aromatic heterocycles. The van der Waals surface area contributed by atoms with Crippen molar-refractivity contribution in [2.45, 2.75) is 19.4 Å². The van der Waals surface area contributed by atoms with Crippen LogP contribution in [-0.4, -0.2) is 38.7 Å². The van der Waals surface area contributed by atoms with E-state index in [1.54, 1.807) is 0 Å². The van der Waals surface area contributed by atoms with Gasteiger partial charge >= 0.3 is 0 Å². The monoisotopic (exact) mass is 273 g/mol. The number of likely N-dealkylation sites (tertiary alicyclic amines) is 1. The molecule has 1 aromatic rings. The van der Waals surface area contributed by atoms with E-state index in [1.807, 2.05) is 4.90 Å². The van der Waals surface area contributed by atoms with Gasteiger partial charge in [-0.2, -0.15) is 4.98 Å². The van der Waals surface area contributed by atoms with Crippen molar-refractivity contribution in [1.82, 2.24) is 19.7 Å². The lowest BCUT2D eigenvalue weighted by molar-refractivity contribution is -0.131. The van der Waals surface area contributed by atoms with Crippen LogP contribution in [0.25, 0.3) is 0 Å². The summed E-state index contributed by atoms with van der Waals surface area (Å²) in [4.78, 5) is 17.5. The van der Waals surface area contributed by atoms with Crippen LogP contribution in [0.5, 0.6) is 0 Å². The second-order valence-electron chi connectivity index (χ2n) is 3.48. The summed E-state index contributed by atoms with van der Waals surface area (Å²) in [7, 11) is 0. The molecule has 6 nitrogen and oxygen atoms in total. The molecule has 82 valence electrons. The van der Waals surface area contributed by atoms with Gasteiger partial charge in [0.2, 0.25) is 11.9 Å². The molecule has 0 saturated carbocycles. The topological polar surface area (TPSA) is 77.0 Å². The molecule has 0 bridgehead atoms. The molecule has 2 N–H and O–H groups in total. The predicted molar refractivity (Wildman–Crippen MR) is 57.9 cm³/mol. The Bertz CT molecular complexity index is 371. The molecular formula is C8H12BrN5O. The largest absolute Gasteiger partial charge is 0.366 e. The smallest absolute Gasteiger partial charge is 0.244 e. The number of hydrogen-bond acceptors (Lipinski definition) is 4. The first kappa shape index (κ1) is 10.4. The molecule has 15 heavy (non-hydrogen) atoms. The Morgan fingerprint density at radius 3 is 2.67 bits per heavy atom. The number of nitrogens with two attached hydrogens (primary N) is 1. The summed E-state index contributed by atoms with van der Waals surface area (Å²) >= 11 is 3.19. The van der Waals surface area contributed by atoms with Crippen molar-refractivity contribution in [1.29, 1.82) is 0 Å². The quantitative estimate of drug-likeness (QED) is 0.838. The van der Waals surface area contributed by atoms with Crippen LogP contribution in [0.1, 0.15) is 12.8 Å². The van der Waals surface area contributed by atoms with E-state index in [-0.39, 0.29) is 18.4 Å². The van der Waals surface area contributed by atoms with Crippen molar-refractivity contribution in [2.24, 2.45) is 0 Å². The third-order valence-corrected chi connectivity index (χ3v) is 2.97. The number of carbonyl (C=O) groups is 1. The molecule has 1 aliphatic heterocycles. The third kappa shape index (κ3) is 2.28. The number of nitrogen functional groups attached to an aromatic ring is 1. The number of nitrogens with zero attached hydrogens (tertiary/aromatic N) is 4. The average Bonchev–Trinajstić information content (AvgIpc) is 2.76. The zero-order valence-corrected chi connectivity index (χ0v) is 9.77. The number of halogens is 1. The van der Waals surface area contributed by atoms with Gasteiger partial charge in [0.1, 0.15) is 6.54 Å². The molecule has 0 radical (unpaired) electrons. The molecule has 1 fully saturated rings. The van der Waals surface area contributed by atoms with Gasteiger partial charge in [0.05, 0.1) is 0 Å². The minimum atomic E-state index is 0.0677. The van der Waals surface area contributed by atoms with Crippen LogP contribution in [0.4, 0.5) is 5.95 Å². The van der Waals surface area contributed by atoms with E-state index >= 15 is 0 Å². The zero-order chi connectivity index (χ0) is 10.8. The Labute approximate surface area is 95.6 Å². The van der Waals surface area contributed by atoms with Crippen LogP contribution < -0.4 is 5.73 Å². The standard InChI is InChI=1S/C8H12BrN5O/c9-7-11-8(10)12-14(7)5-6(15)13-3-1-2-4-13/h1-5H2,(H2,10,12). The van der Waals surface area contributed by atoms with Crippen molar-refractivity contribution < 1.29 is 4.79 Å². The summed E-state index contributed by atoms with van der Waals surface area (Å²) in [5.74, 6) is 0.245. The molecule has 2 heterocycles. The first-order valence-electron chi connectivity index (χ1n) is 4.80. The van der Waals surface area contributed by atoms with Gasteiger partial charge in [-0.3, -0.25) is 4.79 Å². The van der Waals surface area contributed by atoms with Gasteiger partial charge in [-0.05, 0) is 28.8 Å². The lowest BCUT2D eigenvalue weighted by Gasteiger charge is -2.14. The number of carbonyl (C=O) groups excluding carboxylic acids is 1. The van der Waals surface area contributed by atoms with Gasteiger partial charge in [-0.1, -0.05) is 0 Å². The molecular weight excluding hydrogens is 262 g/mol. The summed E-state index contributed by atoms with van der Waals surface area (Å²) in [5.41, 5.74) is 5.41. The van der Waals surface area contributed by atoms with E-state index in [0.717, 1.165) is 25.9 Å². The number of hydrogen-bond donors (Lipinski definition) is 1. The fourth-order valence-corrected chi connectivity index (χ4v) is 2.02. The van der Waals surface area contributed by atoms with Gasteiger partial charge in [-0.25, -0.2) is 4.68 Å². The molecule has 0 aromatic carbocycles. The summed E-state index contributed by atoms with van der Waals surface area (Å²) in [6.07, 6.45) is 2.18. The Balaban J connectivity index is 2.01. The summed E-state index contributed by atoms with van der Waals surface area (Å²) < 4.78 is 1.96. The van der Waals surface area contributed by atoms with Crippen molar-refractivity contribution in [2.75, 3.05) is 18.8 Å². The number of aromatic nitrogens is 3. The predicted octanol–water partition coefficient (Wildman–Crippen LogP) is 0.245. The second-order valence-corrected chi connectivity index (χ2v) is 4.19. The average molecular weight is 274 g/mol. The van der Waals surface area contributed by atoms with Gasteiger partial charge < -0.3 is 10.6 Å². The highest BCUT2D eigenvalue weighted by atomic mass is 79.9. The van der Waals surface area contributed by atoms with Crippen LogP contribution in [0.2, 0.25) is 0 Å². The molecule has 1 aliphatic rings. The maximum absolute atomic E-state index is 11.8. The minimum absolute atomic E-state index is 0.0677. The maximum Gasteiger partial charge on any atom is 0.244 e. The van der Waals surface area contributed by atoms with Gasteiger partial charge in [0, 0.05) is 13.1 Å². The number of amides is 1. The molecule has 0 spiro atoms. The molecule has 7 heteroatoms. The van der Waals surface area contributed by atoms with Crippen LogP contribution in [0.15, 0.2) is 4.73 Å². The van der Waals surface area contributed by atoms with Crippen molar-refractivity contribution in [3.63, 3.8) is 0 Å². The summed E-state index contributed by atoms with van der Waals surface area (Å²) in [5, 5.41) is 3.91. The van der Waals surface area contributed by atoms with E-state index in [0.29, 0.717) is 4.73 Å². The lowest BCUT2D eigenvalue weighted by Crippen LogP contribution is -2.31. The minimum Gasteiger partial charge on any atom is -0.366 e. The van der Waals surface area contributed by atoms with Crippen molar-refractivity contribution >= 4 is 27.8 Å². The van der Waals surface area contributed by atoms with Crippen LogP contribution >= 0.6 is 15.9 Å². The van der Waals surface area contributed by atoms with Crippen molar-refractivity contribution in [3.05, 3.63) is 4.73 Å². The van der Waals surface area contributed by atoms with E-state index in [4.69, 9.17) is 5.73 Å². The SMILES string of the molecule is Nc1nc(Br)n(CC(=O)N2CCCC2)n1. The van der Waals surface area contributed by atoms with Gasteiger partial charge in [0.15, 0.2) is 4.73 Å². The summed E-state index contributed by atoms with van der Waals surface area (Å²) in [6.45, 7) is 1.89. The fraction of sp³-hybridized carbons (Fsp3) is 0.625. The van der Waals surface area contributed by atoms with Gasteiger partial charge in [0.25, 0.3) is 0 Å². The van der Waals surface area contributed by atoms with E-state index in [1.165, 1.54) is 4.68 Å². The second kappa shape index (κ2) is 4.18. The van der Waals surface area contributed by atoms with E-state index in [9.17, 15) is 4.79 Å². The maximum atomic E-state index is 11.8. The van der Waals surface area contributed by atoms with Crippen LogP contribution in [-0.2, 0) is 11.3 Å².